The molecule has 0 atom stereocenters. The fourth-order valence-corrected chi connectivity index (χ4v) is 2.83. The molecule has 2 aromatic rings. The highest BCUT2D eigenvalue weighted by molar-refractivity contribution is 7.09. The molecular formula is C15H19NO3S. The molecule has 1 aromatic carbocycles. The summed E-state index contributed by atoms with van der Waals surface area (Å²) < 4.78 is 10.5. The number of nitrogens with zero attached hydrogens (tertiary/aromatic N) is 1. The summed E-state index contributed by atoms with van der Waals surface area (Å²) in [6.45, 7) is 0.211. The molecule has 0 aliphatic rings. The second kappa shape index (κ2) is 7.26. The van der Waals surface area contributed by atoms with Gasteiger partial charge in [-0.3, -0.25) is 0 Å². The van der Waals surface area contributed by atoms with Crippen LogP contribution in [0.5, 0.6) is 11.5 Å². The molecule has 0 fully saturated rings. The maximum absolute atomic E-state index is 8.83. The zero-order chi connectivity index (χ0) is 14.4. The molecule has 108 valence electrons. The van der Waals surface area contributed by atoms with Gasteiger partial charge in [0, 0.05) is 18.4 Å². The average molecular weight is 293 g/mol. The third kappa shape index (κ3) is 3.71. The van der Waals surface area contributed by atoms with Crippen LogP contribution in [0.1, 0.15) is 22.7 Å². The van der Waals surface area contributed by atoms with Gasteiger partial charge in [-0.05, 0) is 30.5 Å². The summed E-state index contributed by atoms with van der Waals surface area (Å²) in [6.07, 6.45) is 2.38. The number of benzene rings is 1. The number of hydrogen-bond donors (Lipinski definition) is 1. The van der Waals surface area contributed by atoms with Gasteiger partial charge >= 0.3 is 0 Å². The number of aromatic nitrogens is 1. The standard InChI is InChI=1S/C15H19NO3S/c1-18-13-6-5-11(8-14(13)19-2)9-15-16-12(10-20-15)4-3-7-17/h5-6,8,10,17H,3-4,7,9H2,1-2H3. The van der Waals surface area contributed by atoms with Crippen LogP contribution in [0, 0.1) is 0 Å². The van der Waals surface area contributed by atoms with Crippen molar-refractivity contribution in [2.45, 2.75) is 19.3 Å². The van der Waals surface area contributed by atoms with Crippen LogP contribution in [0.2, 0.25) is 0 Å². The Kier molecular flexibility index (Phi) is 5.38. The van der Waals surface area contributed by atoms with Gasteiger partial charge in [0.1, 0.15) is 0 Å². The molecule has 0 spiro atoms. The van der Waals surface area contributed by atoms with E-state index in [0.717, 1.165) is 47.0 Å². The summed E-state index contributed by atoms with van der Waals surface area (Å²) in [5, 5.41) is 12.0. The van der Waals surface area contributed by atoms with E-state index in [1.807, 2.05) is 18.2 Å². The lowest BCUT2D eigenvalue weighted by atomic mass is 10.1. The second-order valence-corrected chi connectivity index (χ2v) is 5.37. The molecule has 1 heterocycles. The lowest BCUT2D eigenvalue weighted by Crippen LogP contribution is -1.94. The number of thiazole rings is 1. The minimum absolute atomic E-state index is 0.211. The summed E-state index contributed by atoms with van der Waals surface area (Å²) in [6, 6.07) is 5.91. The molecule has 4 nitrogen and oxygen atoms in total. The van der Waals surface area contributed by atoms with Crippen molar-refractivity contribution in [3.8, 4) is 11.5 Å². The number of aliphatic hydroxyl groups is 1. The van der Waals surface area contributed by atoms with Crippen molar-refractivity contribution in [1.82, 2.24) is 4.98 Å². The fourth-order valence-electron chi connectivity index (χ4n) is 1.97. The van der Waals surface area contributed by atoms with Gasteiger partial charge in [0.05, 0.1) is 24.9 Å². The monoisotopic (exact) mass is 293 g/mol. The highest BCUT2D eigenvalue weighted by atomic mass is 32.1. The van der Waals surface area contributed by atoms with E-state index in [9.17, 15) is 0 Å². The van der Waals surface area contributed by atoms with Crippen LogP contribution in [0.25, 0.3) is 0 Å². The van der Waals surface area contributed by atoms with Gasteiger partial charge in [-0.15, -0.1) is 11.3 Å². The molecule has 0 saturated heterocycles. The highest BCUT2D eigenvalue weighted by Gasteiger charge is 2.07. The molecule has 0 unspecified atom stereocenters. The summed E-state index contributed by atoms with van der Waals surface area (Å²) in [5.41, 5.74) is 2.20. The molecule has 2 rings (SSSR count). The molecule has 20 heavy (non-hydrogen) atoms. The van der Waals surface area contributed by atoms with Crippen LogP contribution in [-0.2, 0) is 12.8 Å². The van der Waals surface area contributed by atoms with Crippen molar-refractivity contribution in [3.05, 3.63) is 39.8 Å². The molecule has 0 radical (unpaired) electrons. The quantitative estimate of drug-likeness (QED) is 0.852. The van der Waals surface area contributed by atoms with E-state index >= 15 is 0 Å². The van der Waals surface area contributed by atoms with E-state index < -0.39 is 0 Å². The zero-order valence-corrected chi connectivity index (χ0v) is 12.6. The number of hydrogen-bond acceptors (Lipinski definition) is 5. The molecule has 0 aliphatic heterocycles. The van der Waals surface area contributed by atoms with E-state index in [0.29, 0.717) is 0 Å². The van der Waals surface area contributed by atoms with Crippen molar-refractivity contribution in [2.24, 2.45) is 0 Å². The van der Waals surface area contributed by atoms with Gasteiger partial charge in [-0.25, -0.2) is 4.98 Å². The van der Waals surface area contributed by atoms with E-state index in [1.165, 1.54) is 0 Å². The molecule has 0 amide bonds. The van der Waals surface area contributed by atoms with Crippen molar-refractivity contribution >= 4 is 11.3 Å². The molecule has 0 aliphatic carbocycles. The third-order valence-corrected chi connectivity index (χ3v) is 3.89. The van der Waals surface area contributed by atoms with Crippen molar-refractivity contribution in [3.63, 3.8) is 0 Å². The topological polar surface area (TPSA) is 51.6 Å². The lowest BCUT2D eigenvalue weighted by molar-refractivity contribution is 0.288. The Hall–Kier alpha value is -1.59. The Morgan fingerprint density at radius 2 is 2.00 bits per heavy atom. The largest absolute Gasteiger partial charge is 0.493 e. The number of ether oxygens (including phenoxy) is 2. The molecule has 1 N–H and O–H groups in total. The minimum atomic E-state index is 0.211. The predicted molar refractivity (Wildman–Crippen MR) is 79.9 cm³/mol. The van der Waals surface area contributed by atoms with Gasteiger partial charge < -0.3 is 14.6 Å². The molecular weight excluding hydrogens is 274 g/mol. The normalized spacial score (nSPS) is 10.6. The predicted octanol–water partition coefficient (Wildman–Crippen LogP) is 2.68. The number of methoxy groups -OCH3 is 2. The summed E-state index contributed by atoms with van der Waals surface area (Å²) in [4.78, 5) is 4.58. The maximum atomic E-state index is 8.83. The van der Waals surface area contributed by atoms with Crippen molar-refractivity contribution in [1.29, 1.82) is 0 Å². The van der Waals surface area contributed by atoms with Gasteiger partial charge in [-0.1, -0.05) is 6.07 Å². The Morgan fingerprint density at radius 1 is 1.20 bits per heavy atom. The summed E-state index contributed by atoms with van der Waals surface area (Å²) in [5.74, 6) is 1.47. The first-order valence-electron chi connectivity index (χ1n) is 6.52. The van der Waals surface area contributed by atoms with Crippen LogP contribution in [0.3, 0.4) is 0 Å². The fraction of sp³-hybridized carbons (Fsp3) is 0.400. The van der Waals surface area contributed by atoms with Crippen LogP contribution in [0.4, 0.5) is 0 Å². The van der Waals surface area contributed by atoms with Crippen LogP contribution in [-0.4, -0.2) is 30.9 Å². The van der Waals surface area contributed by atoms with Crippen LogP contribution < -0.4 is 9.47 Å². The van der Waals surface area contributed by atoms with Gasteiger partial charge in [0.15, 0.2) is 11.5 Å². The van der Waals surface area contributed by atoms with Gasteiger partial charge in [0.2, 0.25) is 0 Å². The Balaban J connectivity index is 2.07. The first-order valence-corrected chi connectivity index (χ1v) is 7.40. The first kappa shape index (κ1) is 14.8. The van der Waals surface area contributed by atoms with Crippen molar-refractivity contribution in [2.75, 3.05) is 20.8 Å². The SMILES string of the molecule is COc1ccc(Cc2nc(CCCO)cs2)cc1OC. The van der Waals surface area contributed by atoms with Crippen molar-refractivity contribution < 1.29 is 14.6 Å². The summed E-state index contributed by atoms with van der Waals surface area (Å²) >= 11 is 1.65. The van der Waals surface area contributed by atoms with E-state index in [2.05, 4.69) is 10.4 Å². The Morgan fingerprint density at radius 3 is 2.70 bits per heavy atom. The minimum Gasteiger partial charge on any atom is -0.493 e. The number of aliphatic hydroxyl groups excluding tert-OH is 1. The van der Waals surface area contributed by atoms with Gasteiger partial charge in [0.25, 0.3) is 0 Å². The zero-order valence-electron chi connectivity index (χ0n) is 11.8. The first-order chi connectivity index (χ1) is 9.76. The molecule has 5 heteroatoms. The van der Waals surface area contributed by atoms with E-state index in [1.54, 1.807) is 25.6 Å². The molecule has 0 bridgehead atoms. The highest BCUT2D eigenvalue weighted by Crippen LogP contribution is 2.28. The second-order valence-electron chi connectivity index (χ2n) is 4.43. The third-order valence-electron chi connectivity index (χ3n) is 2.99. The van der Waals surface area contributed by atoms with Crippen LogP contribution in [0.15, 0.2) is 23.6 Å². The Bertz CT molecular complexity index is 554. The maximum Gasteiger partial charge on any atom is 0.160 e. The molecule has 1 aromatic heterocycles. The number of rotatable bonds is 7. The average Bonchev–Trinajstić information content (AvgIpc) is 2.92. The summed E-state index contributed by atoms with van der Waals surface area (Å²) in [7, 11) is 3.27. The van der Waals surface area contributed by atoms with E-state index in [-0.39, 0.29) is 6.61 Å². The van der Waals surface area contributed by atoms with Gasteiger partial charge in [-0.2, -0.15) is 0 Å². The smallest absolute Gasteiger partial charge is 0.160 e. The number of aryl methyl sites for hydroxylation is 1. The lowest BCUT2D eigenvalue weighted by Gasteiger charge is -2.08. The van der Waals surface area contributed by atoms with E-state index in [4.69, 9.17) is 14.6 Å². The van der Waals surface area contributed by atoms with Crippen LogP contribution >= 0.6 is 11.3 Å². The molecule has 0 saturated carbocycles. The Labute approximate surface area is 123 Å².